The molecule has 0 spiro atoms. The Morgan fingerprint density at radius 1 is 1.63 bits per heavy atom. The van der Waals surface area contributed by atoms with Gasteiger partial charge in [-0.15, -0.1) is 0 Å². The molecule has 0 bridgehead atoms. The quantitative estimate of drug-likeness (QED) is 0.652. The van der Waals surface area contributed by atoms with Gasteiger partial charge in [0.15, 0.2) is 0 Å². The zero-order valence-corrected chi connectivity index (χ0v) is 11.0. The summed E-state index contributed by atoms with van der Waals surface area (Å²) < 4.78 is 5.59. The molecule has 2 unspecified atom stereocenters. The fourth-order valence-corrected chi connectivity index (χ4v) is 2.22. The summed E-state index contributed by atoms with van der Waals surface area (Å²) in [7, 11) is 0. The van der Waals surface area contributed by atoms with Crippen molar-refractivity contribution in [3.63, 3.8) is 0 Å². The van der Waals surface area contributed by atoms with Crippen LogP contribution < -0.4 is 5.73 Å². The first kappa shape index (κ1) is 13.9. The number of nitro benzene ring substituents is 1. The molecule has 2 rings (SSSR count). The maximum Gasteiger partial charge on any atom is 0.269 e. The number of nitrogens with two attached hydrogens (primary N) is 1. The summed E-state index contributed by atoms with van der Waals surface area (Å²) in [6.07, 6.45) is 0.0347. The summed E-state index contributed by atoms with van der Waals surface area (Å²) >= 11 is 0. The van der Waals surface area contributed by atoms with Gasteiger partial charge in [0, 0.05) is 37.8 Å². The zero-order valence-electron chi connectivity index (χ0n) is 11.0. The fourth-order valence-electron chi connectivity index (χ4n) is 2.22. The number of non-ortho nitro benzene ring substituents is 1. The molecule has 1 aromatic carbocycles. The van der Waals surface area contributed by atoms with E-state index in [1.54, 1.807) is 12.1 Å². The Bertz CT molecular complexity index is 451. The molecule has 0 aromatic heterocycles. The highest BCUT2D eigenvalue weighted by atomic mass is 16.6. The van der Waals surface area contributed by atoms with Crippen LogP contribution in [0.3, 0.4) is 0 Å². The van der Waals surface area contributed by atoms with Gasteiger partial charge in [0.2, 0.25) is 0 Å². The van der Waals surface area contributed by atoms with Gasteiger partial charge < -0.3 is 10.5 Å². The predicted octanol–water partition coefficient (Wildman–Crippen LogP) is 1.14. The van der Waals surface area contributed by atoms with Crippen LogP contribution in [0.2, 0.25) is 0 Å². The molecule has 1 aliphatic heterocycles. The van der Waals surface area contributed by atoms with E-state index in [9.17, 15) is 10.1 Å². The lowest BCUT2D eigenvalue weighted by molar-refractivity contribution is -0.384. The highest BCUT2D eigenvalue weighted by Gasteiger charge is 2.23. The molecule has 0 aliphatic carbocycles. The van der Waals surface area contributed by atoms with Crippen LogP contribution in [-0.2, 0) is 11.3 Å². The third-order valence-corrected chi connectivity index (χ3v) is 3.29. The third-order valence-electron chi connectivity index (χ3n) is 3.29. The van der Waals surface area contributed by atoms with Gasteiger partial charge >= 0.3 is 0 Å². The maximum absolute atomic E-state index is 10.7. The first-order valence-electron chi connectivity index (χ1n) is 6.39. The number of morpholine rings is 1. The summed E-state index contributed by atoms with van der Waals surface area (Å²) in [6.45, 7) is 4.86. The normalized spacial score (nSPS) is 22.1. The van der Waals surface area contributed by atoms with Crippen molar-refractivity contribution in [1.82, 2.24) is 4.90 Å². The number of ether oxygens (including phenoxy) is 1. The minimum Gasteiger partial charge on any atom is -0.374 e. The molecule has 0 radical (unpaired) electrons. The molecule has 2 N–H and O–H groups in total. The highest BCUT2D eigenvalue weighted by molar-refractivity contribution is 5.34. The van der Waals surface area contributed by atoms with Crippen molar-refractivity contribution in [3.05, 3.63) is 39.9 Å². The van der Waals surface area contributed by atoms with Crippen molar-refractivity contribution in [3.8, 4) is 0 Å². The fraction of sp³-hybridized carbons (Fsp3) is 0.538. The highest BCUT2D eigenvalue weighted by Crippen LogP contribution is 2.16. The lowest BCUT2D eigenvalue weighted by atomic mass is 10.1. The second-order valence-corrected chi connectivity index (χ2v) is 4.93. The topological polar surface area (TPSA) is 81.6 Å². The zero-order chi connectivity index (χ0) is 13.8. The number of rotatable bonds is 4. The largest absolute Gasteiger partial charge is 0.374 e. The van der Waals surface area contributed by atoms with Gasteiger partial charge in [-0.1, -0.05) is 12.1 Å². The Balaban J connectivity index is 2.00. The van der Waals surface area contributed by atoms with Crippen LogP contribution in [0.25, 0.3) is 0 Å². The second-order valence-electron chi connectivity index (χ2n) is 4.93. The van der Waals surface area contributed by atoms with E-state index in [4.69, 9.17) is 10.5 Å². The lowest BCUT2D eigenvalue weighted by Crippen LogP contribution is -2.49. The van der Waals surface area contributed by atoms with E-state index in [0.29, 0.717) is 13.2 Å². The first-order chi connectivity index (χ1) is 9.06. The van der Waals surface area contributed by atoms with Gasteiger partial charge in [0.1, 0.15) is 0 Å². The van der Waals surface area contributed by atoms with E-state index >= 15 is 0 Å². The summed E-state index contributed by atoms with van der Waals surface area (Å²) in [6, 6.07) is 6.75. The van der Waals surface area contributed by atoms with Crippen molar-refractivity contribution in [2.24, 2.45) is 5.73 Å². The van der Waals surface area contributed by atoms with E-state index in [2.05, 4.69) is 4.90 Å². The molecule has 0 amide bonds. The Morgan fingerprint density at radius 3 is 3.11 bits per heavy atom. The molecule has 1 fully saturated rings. The Morgan fingerprint density at radius 2 is 2.42 bits per heavy atom. The van der Waals surface area contributed by atoms with E-state index in [-0.39, 0.29) is 22.8 Å². The van der Waals surface area contributed by atoms with Crippen molar-refractivity contribution in [2.45, 2.75) is 25.6 Å². The van der Waals surface area contributed by atoms with E-state index in [1.807, 2.05) is 13.0 Å². The van der Waals surface area contributed by atoms with Crippen LogP contribution in [0.1, 0.15) is 12.5 Å². The Kier molecular flexibility index (Phi) is 4.47. The molecule has 2 atom stereocenters. The minimum atomic E-state index is -0.367. The van der Waals surface area contributed by atoms with Crippen LogP contribution >= 0.6 is 0 Å². The van der Waals surface area contributed by atoms with Gasteiger partial charge in [0.25, 0.3) is 5.69 Å². The van der Waals surface area contributed by atoms with Gasteiger partial charge in [-0.05, 0) is 12.5 Å². The van der Waals surface area contributed by atoms with Crippen LogP contribution in [0.5, 0.6) is 0 Å². The average Bonchev–Trinajstić information content (AvgIpc) is 2.39. The molecule has 1 heterocycles. The summed E-state index contributed by atoms with van der Waals surface area (Å²) in [5.74, 6) is 0. The van der Waals surface area contributed by atoms with E-state index in [0.717, 1.165) is 18.7 Å². The third kappa shape index (κ3) is 3.73. The van der Waals surface area contributed by atoms with Gasteiger partial charge in [0.05, 0.1) is 17.6 Å². The second kappa shape index (κ2) is 6.10. The monoisotopic (exact) mass is 265 g/mol. The van der Waals surface area contributed by atoms with Crippen molar-refractivity contribution >= 4 is 5.69 Å². The minimum absolute atomic E-state index is 0.00657. The Labute approximate surface area is 112 Å². The number of benzene rings is 1. The van der Waals surface area contributed by atoms with Crippen LogP contribution in [0, 0.1) is 10.1 Å². The summed E-state index contributed by atoms with van der Waals surface area (Å²) in [4.78, 5) is 12.6. The molecule has 1 saturated heterocycles. The van der Waals surface area contributed by atoms with Gasteiger partial charge in [-0.25, -0.2) is 0 Å². The molecule has 6 heteroatoms. The molecule has 19 heavy (non-hydrogen) atoms. The standard InChI is InChI=1S/C13H19N3O3/c1-10(14)13-9-15(5-6-19-13)8-11-3-2-4-12(7-11)16(17)18/h2-4,7,10,13H,5-6,8-9,14H2,1H3. The van der Waals surface area contributed by atoms with Crippen LogP contribution in [0.15, 0.2) is 24.3 Å². The Hall–Kier alpha value is -1.50. The summed E-state index contributed by atoms with van der Waals surface area (Å²) in [5.41, 5.74) is 6.92. The van der Waals surface area contributed by atoms with Crippen molar-refractivity contribution in [2.75, 3.05) is 19.7 Å². The molecule has 6 nitrogen and oxygen atoms in total. The number of hydrogen-bond acceptors (Lipinski definition) is 5. The lowest BCUT2D eigenvalue weighted by Gasteiger charge is -2.34. The molecule has 104 valence electrons. The van der Waals surface area contributed by atoms with Crippen molar-refractivity contribution < 1.29 is 9.66 Å². The van der Waals surface area contributed by atoms with E-state index in [1.165, 1.54) is 6.07 Å². The molecule has 0 saturated carbocycles. The van der Waals surface area contributed by atoms with Crippen LogP contribution in [0.4, 0.5) is 5.69 Å². The van der Waals surface area contributed by atoms with E-state index < -0.39 is 0 Å². The van der Waals surface area contributed by atoms with Gasteiger partial charge in [-0.2, -0.15) is 0 Å². The van der Waals surface area contributed by atoms with Gasteiger partial charge in [-0.3, -0.25) is 15.0 Å². The SMILES string of the molecule is CC(N)C1CN(Cc2cccc([N+](=O)[O-])c2)CCO1. The first-order valence-corrected chi connectivity index (χ1v) is 6.39. The smallest absolute Gasteiger partial charge is 0.269 e. The predicted molar refractivity (Wildman–Crippen MR) is 71.8 cm³/mol. The average molecular weight is 265 g/mol. The number of hydrogen-bond donors (Lipinski definition) is 1. The molecule has 1 aliphatic rings. The maximum atomic E-state index is 10.7. The number of nitro groups is 1. The molecular weight excluding hydrogens is 246 g/mol. The number of nitrogens with zero attached hydrogens (tertiary/aromatic N) is 2. The molecule has 1 aromatic rings. The van der Waals surface area contributed by atoms with Crippen LogP contribution in [-0.4, -0.2) is 41.7 Å². The van der Waals surface area contributed by atoms with Crippen molar-refractivity contribution in [1.29, 1.82) is 0 Å². The molecular formula is C13H19N3O3. The summed E-state index contributed by atoms with van der Waals surface area (Å²) in [5, 5.41) is 10.7.